The van der Waals surface area contributed by atoms with Crippen LogP contribution < -0.4 is 5.32 Å². The fraction of sp³-hybridized carbons (Fsp3) is 1.00. The number of methoxy groups -OCH3 is 1. The maximum atomic E-state index is 5.30. The Bertz CT molecular complexity index is 264. The fourth-order valence-electron chi connectivity index (χ4n) is 4.13. The summed E-state index contributed by atoms with van der Waals surface area (Å²) < 4.78 is 5.30. The second-order valence-corrected chi connectivity index (χ2v) is 7.04. The number of likely N-dealkylation sites (tertiary alicyclic amines) is 1. The lowest BCUT2D eigenvalue weighted by Gasteiger charge is -2.40. The van der Waals surface area contributed by atoms with Gasteiger partial charge in [-0.2, -0.15) is 0 Å². The van der Waals surface area contributed by atoms with E-state index in [1.807, 2.05) is 7.11 Å². The zero-order valence-electron chi connectivity index (χ0n) is 13.7. The van der Waals surface area contributed by atoms with Gasteiger partial charge in [-0.25, -0.2) is 0 Å². The molecular weight excluding hydrogens is 248 g/mol. The number of nitrogens with zero attached hydrogens (tertiary/aromatic N) is 1. The summed E-state index contributed by atoms with van der Waals surface area (Å²) in [4.78, 5) is 2.71. The van der Waals surface area contributed by atoms with E-state index >= 15 is 0 Å². The quantitative estimate of drug-likeness (QED) is 0.811. The molecule has 118 valence electrons. The van der Waals surface area contributed by atoms with Gasteiger partial charge < -0.3 is 15.0 Å². The number of hydrogen-bond acceptors (Lipinski definition) is 3. The van der Waals surface area contributed by atoms with E-state index in [-0.39, 0.29) is 0 Å². The highest BCUT2D eigenvalue weighted by Crippen LogP contribution is 2.30. The van der Waals surface area contributed by atoms with Crippen molar-refractivity contribution in [2.75, 3.05) is 39.9 Å². The Kier molecular flexibility index (Phi) is 6.79. The summed E-state index contributed by atoms with van der Waals surface area (Å²) in [7, 11) is 1.83. The normalized spacial score (nSPS) is 33.5. The van der Waals surface area contributed by atoms with Crippen molar-refractivity contribution in [1.82, 2.24) is 10.2 Å². The first-order valence-corrected chi connectivity index (χ1v) is 8.67. The van der Waals surface area contributed by atoms with E-state index in [0.717, 1.165) is 36.9 Å². The summed E-state index contributed by atoms with van der Waals surface area (Å²) in [5.74, 6) is 2.57. The summed E-state index contributed by atoms with van der Waals surface area (Å²) in [6.07, 6.45) is 6.84. The predicted molar refractivity (Wildman–Crippen MR) is 85.0 cm³/mol. The fourth-order valence-corrected chi connectivity index (χ4v) is 4.13. The first-order valence-electron chi connectivity index (χ1n) is 8.67. The van der Waals surface area contributed by atoms with Gasteiger partial charge in [0.05, 0.1) is 0 Å². The molecule has 0 bridgehead atoms. The first-order chi connectivity index (χ1) is 9.72. The van der Waals surface area contributed by atoms with Gasteiger partial charge in [0.2, 0.25) is 0 Å². The standard InChI is InChI=1S/C17H34N2O/c1-4-18-17-6-5-14(2)11-16(17)12-19-9-7-15(8-10-19)13-20-3/h14-18H,4-13H2,1-3H3. The van der Waals surface area contributed by atoms with Crippen molar-refractivity contribution in [3.63, 3.8) is 0 Å². The van der Waals surface area contributed by atoms with Crippen LogP contribution >= 0.6 is 0 Å². The molecule has 1 aliphatic carbocycles. The number of ether oxygens (including phenoxy) is 1. The monoisotopic (exact) mass is 282 g/mol. The number of hydrogen-bond donors (Lipinski definition) is 1. The molecule has 1 aliphatic heterocycles. The number of rotatable bonds is 6. The average Bonchev–Trinajstić information content (AvgIpc) is 2.44. The number of piperidine rings is 1. The molecule has 2 fully saturated rings. The second kappa shape index (κ2) is 8.35. The van der Waals surface area contributed by atoms with Crippen molar-refractivity contribution in [1.29, 1.82) is 0 Å². The van der Waals surface area contributed by atoms with Crippen LogP contribution in [0.5, 0.6) is 0 Å². The molecular formula is C17H34N2O. The molecule has 0 radical (unpaired) electrons. The highest BCUT2D eigenvalue weighted by molar-refractivity contribution is 4.86. The molecule has 1 saturated carbocycles. The zero-order chi connectivity index (χ0) is 14.4. The van der Waals surface area contributed by atoms with Gasteiger partial charge >= 0.3 is 0 Å². The molecule has 3 nitrogen and oxygen atoms in total. The van der Waals surface area contributed by atoms with Crippen LogP contribution in [-0.4, -0.2) is 50.8 Å². The molecule has 0 aromatic rings. The van der Waals surface area contributed by atoms with Crippen LogP contribution in [0.3, 0.4) is 0 Å². The van der Waals surface area contributed by atoms with Crippen molar-refractivity contribution in [3.8, 4) is 0 Å². The molecule has 0 amide bonds. The second-order valence-electron chi connectivity index (χ2n) is 7.04. The Morgan fingerprint density at radius 2 is 1.90 bits per heavy atom. The van der Waals surface area contributed by atoms with Gasteiger partial charge in [0.25, 0.3) is 0 Å². The average molecular weight is 282 g/mol. The third kappa shape index (κ3) is 4.71. The van der Waals surface area contributed by atoms with E-state index in [4.69, 9.17) is 4.74 Å². The van der Waals surface area contributed by atoms with Gasteiger partial charge in [0.1, 0.15) is 0 Å². The van der Waals surface area contributed by atoms with Gasteiger partial charge in [-0.15, -0.1) is 0 Å². The molecule has 0 aromatic heterocycles. The highest BCUT2D eigenvalue weighted by Gasteiger charge is 2.30. The smallest absolute Gasteiger partial charge is 0.0491 e. The third-order valence-electron chi connectivity index (χ3n) is 5.31. The Labute approximate surface area is 125 Å². The zero-order valence-corrected chi connectivity index (χ0v) is 13.7. The Morgan fingerprint density at radius 1 is 1.15 bits per heavy atom. The van der Waals surface area contributed by atoms with Crippen LogP contribution in [0.25, 0.3) is 0 Å². The van der Waals surface area contributed by atoms with E-state index < -0.39 is 0 Å². The van der Waals surface area contributed by atoms with Gasteiger partial charge in [0, 0.05) is 26.3 Å². The molecule has 2 aliphatic rings. The summed E-state index contributed by atoms with van der Waals surface area (Å²) in [5.41, 5.74) is 0. The molecule has 1 heterocycles. The number of nitrogens with one attached hydrogen (secondary N) is 1. The topological polar surface area (TPSA) is 24.5 Å². The molecule has 20 heavy (non-hydrogen) atoms. The maximum absolute atomic E-state index is 5.30. The minimum atomic E-state index is 0.757. The maximum Gasteiger partial charge on any atom is 0.0491 e. The Morgan fingerprint density at radius 3 is 2.55 bits per heavy atom. The van der Waals surface area contributed by atoms with E-state index in [1.165, 1.54) is 51.7 Å². The molecule has 0 spiro atoms. The lowest BCUT2D eigenvalue weighted by atomic mass is 9.78. The van der Waals surface area contributed by atoms with Gasteiger partial charge in [-0.3, -0.25) is 0 Å². The van der Waals surface area contributed by atoms with Crippen LogP contribution in [0.15, 0.2) is 0 Å². The van der Waals surface area contributed by atoms with Crippen molar-refractivity contribution in [2.45, 2.75) is 52.0 Å². The highest BCUT2D eigenvalue weighted by atomic mass is 16.5. The lowest BCUT2D eigenvalue weighted by molar-refractivity contribution is 0.0786. The van der Waals surface area contributed by atoms with E-state index in [0.29, 0.717) is 0 Å². The van der Waals surface area contributed by atoms with Gasteiger partial charge in [0.15, 0.2) is 0 Å². The first kappa shape index (κ1) is 16.3. The van der Waals surface area contributed by atoms with Crippen molar-refractivity contribution >= 4 is 0 Å². The molecule has 3 atom stereocenters. The van der Waals surface area contributed by atoms with Crippen LogP contribution in [0.4, 0.5) is 0 Å². The molecule has 0 aromatic carbocycles. The lowest BCUT2D eigenvalue weighted by Crippen LogP contribution is -2.47. The minimum Gasteiger partial charge on any atom is -0.384 e. The van der Waals surface area contributed by atoms with Gasteiger partial charge in [-0.05, 0) is 69.5 Å². The van der Waals surface area contributed by atoms with Crippen LogP contribution in [-0.2, 0) is 4.74 Å². The summed E-state index contributed by atoms with van der Waals surface area (Å²) >= 11 is 0. The van der Waals surface area contributed by atoms with Crippen LogP contribution in [0.1, 0.15) is 46.0 Å². The van der Waals surface area contributed by atoms with E-state index in [2.05, 4.69) is 24.1 Å². The van der Waals surface area contributed by atoms with Crippen molar-refractivity contribution in [3.05, 3.63) is 0 Å². The molecule has 2 rings (SSSR count). The van der Waals surface area contributed by atoms with Crippen molar-refractivity contribution in [2.24, 2.45) is 17.8 Å². The van der Waals surface area contributed by atoms with Gasteiger partial charge in [-0.1, -0.05) is 13.8 Å². The van der Waals surface area contributed by atoms with E-state index in [1.54, 1.807) is 0 Å². The Hall–Kier alpha value is -0.120. The summed E-state index contributed by atoms with van der Waals surface area (Å²) in [5, 5.41) is 3.73. The van der Waals surface area contributed by atoms with Crippen molar-refractivity contribution < 1.29 is 4.74 Å². The largest absolute Gasteiger partial charge is 0.384 e. The van der Waals surface area contributed by atoms with Crippen LogP contribution in [0, 0.1) is 17.8 Å². The van der Waals surface area contributed by atoms with Crippen LogP contribution in [0.2, 0.25) is 0 Å². The summed E-state index contributed by atoms with van der Waals surface area (Å²) in [6.45, 7) is 10.6. The van der Waals surface area contributed by atoms with E-state index in [9.17, 15) is 0 Å². The molecule has 1 N–H and O–H groups in total. The SMILES string of the molecule is CCNC1CCC(C)CC1CN1CCC(COC)CC1. The molecule has 3 unspecified atom stereocenters. The molecule has 3 heteroatoms. The third-order valence-corrected chi connectivity index (χ3v) is 5.31. The molecule has 1 saturated heterocycles. The summed E-state index contributed by atoms with van der Waals surface area (Å²) in [6, 6.07) is 0.757. The Balaban J connectivity index is 1.78. The minimum absolute atomic E-state index is 0.757. The predicted octanol–water partition coefficient (Wildman–Crippen LogP) is 2.76.